The summed E-state index contributed by atoms with van der Waals surface area (Å²) in [6, 6.07) is 3.62. The second-order valence-electron chi connectivity index (χ2n) is 3.17. The molecule has 1 rings (SSSR count). The van der Waals surface area contributed by atoms with Crippen LogP contribution in [-0.4, -0.2) is 29.8 Å². The van der Waals surface area contributed by atoms with E-state index in [0.29, 0.717) is 12.4 Å². The highest BCUT2D eigenvalue weighted by molar-refractivity contribution is 5.47. The third kappa shape index (κ3) is 2.91. The number of hydrogen-bond acceptors (Lipinski definition) is 4. The second kappa shape index (κ2) is 4.09. The van der Waals surface area contributed by atoms with Crippen LogP contribution in [0.25, 0.3) is 0 Å². The van der Waals surface area contributed by atoms with Crippen molar-refractivity contribution in [2.45, 2.75) is 13.0 Å². The summed E-state index contributed by atoms with van der Waals surface area (Å²) in [5, 5.41) is 9.15. The molecule has 0 aliphatic rings. The van der Waals surface area contributed by atoms with Crippen LogP contribution in [0.2, 0.25) is 0 Å². The van der Waals surface area contributed by atoms with Gasteiger partial charge < -0.3 is 15.7 Å². The molecule has 1 unspecified atom stereocenters. The molecule has 1 atom stereocenters. The number of nitrogens with zero attached hydrogens (tertiary/aromatic N) is 2. The molecular formula is C9H15N3O. The average Bonchev–Trinajstić information content (AvgIpc) is 2.04. The Morgan fingerprint density at radius 2 is 2.31 bits per heavy atom. The number of nitrogen functional groups attached to an aromatic ring is 1. The average molecular weight is 181 g/mol. The number of pyridine rings is 1. The van der Waals surface area contributed by atoms with Crippen LogP contribution in [0.3, 0.4) is 0 Å². The number of likely N-dealkylation sites (N-methyl/N-ethyl adjacent to an activating group) is 1. The van der Waals surface area contributed by atoms with Crippen molar-refractivity contribution in [1.82, 2.24) is 4.98 Å². The maximum atomic E-state index is 9.15. The van der Waals surface area contributed by atoms with Crippen LogP contribution in [0.5, 0.6) is 0 Å². The zero-order valence-electron chi connectivity index (χ0n) is 7.94. The number of aliphatic hydroxyl groups is 1. The smallest absolute Gasteiger partial charge is 0.123 e. The number of hydrogen-bond donors (Lipinski definition) is 2. The van der Waals surface area contributed by atoms with Gasteiger partial charge in [0.05, 0.1) is 18.0 Å². The van der Waals surface area contributed by atoms with Crippen molar-refractivity contribution in [1.29, 1.82) is 0 Å². The van der Waals surface area contributed by atoms with Gasteiger partial charge >= 0.3 is 0 Å². The predicted molar refractivity (Wildman–Crippen MR) is 53.6 cm³/mol. The summed E-state index contributed by atoms with van der Waals surface area (Å²) in [6.45, 7) is 2.34. The first kappa shape index (κ1) is 9.80. The highest BCUT2D eigenvalue weighted by atomic mass is 16.3. The molecule has 0 bridgehead atoms. The maximum absolute atomic E-state index is 9.15. The van der Waals surface area contributed by atoms with Crippen LogP contribution in [0.1, 0.15) is 6.92 Å². The van der Waals surface area contributed by atoms with Gasteiger partial charge in [-0.1, -0.05) is 0 Å². The van der Waals surface area contributed by atoms with Gasteiger partial charge in [-0.05, 0) is 19.1 Å². The fourth-order valence-electron chi connectivity index (χ4n) is 1.13. The molecular weight excluding hydrogens is 166 g/mol. The lowest BCUT2D eigenvalue weighted by Gasteiger charge is -2.20. The Morgan fingerprint density at radius 3 is 2.77 bits per heavy atom. The Balaban J connectivity index is 2.66. The molecule has 0 fully saturated rings. The molecule has 72 valence electrons. The van der Waals surface area contributed by atoms with Gasteiger partial charge in [0.1, 0.15) is 5.82 Å². The Labute approximate surface area is 78.0 Å². The highest BCUT2D eigenvalue weighted by Crippen LogP contribution is 2.11. The Kier molecular flexibility index (Phi) is 3.08. The van der Waals surface area contributed by atoms with E-state index < -0.39 is 0 Å². The van der Waals surface area contributed by atoms with Gasteiger partial charge in [0.15, 0.2) is 0 Å². The van der Waals surface area contributed by atoms with Crippen molar-refractivity contribution in [3.05, 3.63) is 18.3 Å². The van der Waals surface area contributed by atoms with Gasteiger partial charge in [-0.3, -0.25) is 0 Å². The highest BCUT2D eigenvalue weighted by Gasteiger charge is 2.03. The summed E-state index contributed by atoms with van der Waals surface area (Å²) in [6.07, 6.45) is 1.35. The molecule has 4 heteroatoms. The second-order valence-corrected chi connectivity index (χ2v) is 3.17. The van der Waals surface area contributed by atoms with Crippen molar-refractivity contribution in [2.75, 3.05) is 24.2 Å². The maximum Gasteiger partial charge on any atom is 0.123 e. The minimum absolute atomic E-state index is 0.345. The van der Waals surface area contributed by atoms with Crippen LogP contribution >= 0.6 is 0 Å². The van der Waals surface area contributed by atoms with Gasteiger partial charge in [0.25, 0.3) is 0 Å². The number of anilines is 2. The van der Waals surface area contributed by atoms with E-state index in [2.05, 4.69) is 4.98 Å². The van der Waals surface area contributed by atoms with Crippen molar-refractivity contribution in [2.24, 2.45) is 0 Å². The van der Waals surface area contributed by atoms with E-state index in [-0.39, 0.29) is 6.10 Å². The number of nitrogens with two attached hydrogens (primary N) is 1. The lowest BCUT2D eigenvalue weighted by molar-refractivity contribution is 0.201. The molecule has 0 saturated carbocycles. The Bertz CT molecular complexity index is 258. The fraction of sp³-hybridized carbons (Fsp3) is 0.444. The van der Waals surface area contributed by atoms with Crippen LogP contribution in [0, 0.1) is 0 Å². The van der Waals surface area contributed by atoms with Gasteiger partial charge in [0, 0.05) is 13.6 Å². The van der Waals surface area contributed by atoms with E-state index >= 15 is 0 Å². The monoisotopic (exact) mass is 181 g/mol. The van der Waals surface area contributed by atoms with Gasteiger partial charge in [-0.2, -0.15) is 0 Å². The molecule has 0 saturated heterocycles. The quantitative estimate of drug-likeness (QED) is 0.712. The molecule has 0 aliphatic heterocycles. The van der Waals surface area contributed by atoms with Crippen LogP contribution in [0.4, 0.5) is 11.5 Å². The van der Waals surface area contributed by atoms with Gasteiger partial charge in [-0.25, -0.2) is 4.98 Å². The normalized spacial score (nSPS) is 12.5. The minimum Gasteiger partial charge on any atom is -0.392 e. The summed E-state index contributed by atoms with van der Waals surface area (Å²) in [5.74, 6) is 0.509. The number of aliphatic hydroxyl groups excluding tert-OH is 1. The summed E-state index contributed by atoms with van der Waals surface area (Å²) in [7, 11) is 1.90. The fourth-order valence-corrected chi connectivity index (χ4v) is 1.13. The van der Waals surface area contributed by atoms with Crippen LogP contribution < -0.4 is 10.6 Å². The zero-order chi connectivity index (χ0) is 9.84. The van der Waals surface area contributed by atoms with E-state index in [1.165, 1.54) is 0 Å². The first-order chi connectivity index (χ1) is 6.09. The first-order valence-corrected chi connectivity index (χ1v) is 4.20. The summed E-state index contributed by atoms with van der Waals surface area (Å²) >= 11 is 0. The van der Waals surface area contributed by atoms with E-state index in [1.54, 1.807) is 19.2 Å². The number of aromatic nitrogens is 1. The predicted octanol–water partition coefficient (Wildman–Crippen LogP) is 0.481. The molecule has 13 heavy (non-hydrogen) atoms. The Morgan fingerprint density at radius 1 is 1.62 bits per heavy atom. The minimum atomic E-state index is -0.345. The standard InChI is InChI=1S/C9H15N3O/c1-7(13)6-12(2)8-3-4-9(10)11-5-8/h3-5,7,13H,6H2,1-2H3,(H2,10,11). The molecule has 1 heterocycles. The molecule has 1 aromatic rings. The molecule has 1 aromatic heterocycles. The molecule has 0 radical (unpaired) electrons. The Hall–Kier alpha value is -1.29. The van der Waals surface area contributed by atoms with E-state index in [0.717, 1.165) is 5.69 Å². The van der Waals surface area contributed by atoms with E-state index in [4.69, 9.17) is 10.8 Å². The van der Waals surface area contributed by atoms with E-state index in [9.17, 15) is 0 Å². The topological polar surface area (TPSA) is 62.4 Å². The molecule has 0 aliphatic carbocycles. The lowest BCUT2D eigenvalue weighted by atomic mass is 10.3. The van der Waals surface area contributed by atoms with Crippen molar-refractivity contribution >= 4 is 11.5 Å². The molecule has 0 amide bonds. The third-order valence-electron chi connectivity index (χ3n) is 1.75. The van der Waals surface area contributed by atoms with Gasteiger partial charge in [0.2, 0.25) is 0 Å². The van der Waals surface area contributed by atoms with E-state index in [1.807, 2.05) is 18.0 Å². The van der Waals surface area contributed by atoms with Crippen molar-refractivity contribution in [3.8, 4) is 0 Å². The van der Waals surface area contributed by atoms with Gasteiger partial charge in [-0.15, -0.1) is 0 Å². The van der Waals surface area contributed by atoms with Crippen LogP contribution in [0.15, 0.2) is 18.3 Å². The summed E-state index contributed by atoms with van der Waals surface area (Å²) in [5.41, 5.74) is 6.40. The first-order valence-electron chi connectivity index (χ1n) is 4.20. The summed E-state index contributed by atoms with van der Waals surface area (Å²) < 4.78 is 0. The lowest BCUT2D eigenvalue weighted by Crippen LogP contribution is -2.26. The number of rotatable bonds is 3. The van der Waals surface area contributed by atoms with Crippen molar-refractivity contribution in [3.63, 3.8) is 0 Å². The largest absolute Gasteiger partial charge is 0.392 e. The summed E-state index contributed by atoms with van der Waals surface area (Å²) in [4.78, 5) is 5.89. The van der Waals surface area contributed by atoms with Crippen LogP contribution in [-0.2, 0) is 0 Å². The molecule has 0 aromatic carbocycles. The molecule has 4 nitrogen and oxygen atoms in total. The molecule has 0 spiro atoms. The van der Waals surface area contributed by atoms with Crippen molar-refractivity contribution < 1.29 is 5.11 Å². The SMILES string of the molecule is CC(O)CN(C)c1ccc(N)nc1. The zero-order valence-corrected chi connectivity index (χ0v) is 7.94. The third-order valence-corrected chi connectivity index (χ3v) is 1.75. The molecule has 3 N–H and O–H groups in total.